The largest absolute Gasteiger partial charge is 0.508 e. The molecule has 0 aliphatic rings. The molecule has 0 unspecified atom stereocenters. The monoisotopic (exact) mass is 230 g/mol. The van der Waals surface area contributed by atoms with Gasteiger partial charge in [0.15, 0.2) is 0 Å². The van der Waals surface area contributed by atoms with E-state index in [0.29, 0.717) is 5.56 Å². The molecule has 0 spiro atoms. The summed E-state index contributed by atoms with van der Waals surface area (Å²) >= 11 is 0. The summed E-state index contributed by atoms with van der Waals surface area (Å²) in [6.07, 6.45) is 0. The van der Waals surface area contributed by atoms with E-state index in [1.807, 2.05) is 13.0 Å². The van der Waals surface area contributed by atoms with Crippen molar-refractivity contribution in [3.63, 3.8) is 0 Å². The van der Waals surface area contributed by atoms with Crippen molar-refractivity contribution >= 4 is 0 Å². The van der Waals surface area contributed by atoms with Crippen LogP contribution in [0.5, 0.6) is 5.75 Å². The van der Waals surface area contributed by atoms with Crippen molar-refractivity contribution in [3.8, 4) is 11.4 Å². The molecule has 1 heterocycles. The van der Waals surface area contributed by atoms with Gasteiger partial charge in [0.1, 0.15) is 5.75 Å². The molecule has 3 N–H and O–H groups in total. The number of phenolic OH excluding ortho intramolecular Hbond substituents is 1. The molecule has 0 fully saturated rings. The summed E-state index contributed by atoms with van der Waals surface area (Å²) in [6, 6.07) is 10.1. The van der Waals surface area contributed by atoms with Crippen molar-refractivity contribution in [3.05, 3.63) is 58.0 Å². The van der Waals surface area contributed by atoms with Gasteiger partial charge in [-0.2, -0.15) is 0 Å². The van der Waals surface area contributed by atoms with E-state index in [1.54, 1.807) is 34.9 Å². The summed E-state index contributed by atoms with van der Waals surface area (Å²) < 4.78 is 1.58. The number of aromatic hydroxyl groups is 1. The van der Waals surface area contributed by atoms with Crippen molar-refractivity contribution in [2.45, 2.75) is 13.5 Å². The first-order valence-electron chi connectivity index (χ1n) is 5.34. The maximum Gasteiger partial charge on any atom is 0.259 e. The normalized spacial score (nSPS) is 10.5. The lowest BCUT2D eigenvalue weighted by molar-refractivity contribution is 0.475. The van der Waals surface area contributed by atoms with Gasteiger partial charge in [0.25, 0.3) is 5.56 Å². The lowest BCUT2D eigenvalue weighted by Crippen LogP contribution is -2.25. The molecule has 88 valence electrons. The van der Waals surface area contributed by atoms with Gasteiger partial charge in [-0.3, -0.25) is 9.36 Å². The number of hydrogen-bond donors (Lipinski definition) is 2. The van der Waals surface area contributed by atoms with Crippen LogP contribution in [0.15, 0.2) is 41.2 Å². The Labute approximate surface area is 98.9 Å². The summed E-state index contributed by atoms with van der Waals surface area (Å²) in [5.74, 6) is 0.175. The van der Waals surface area contributed by atoms with Crippen LogP contribution in [0, 0.1) is 6.92 Å². The van der Waals surface area contributed by atoms with E-state index in [2.05, 4.69) is 0 Å². The Morgan fingerprint density at radius 1 is 1.18 bits per heavy atom. The minimum atomic E-state index is -0.113. The highest BCUT2D eigenvalue weighted by Crippen LogP contribution is 2.14. The fraction of sp³-hybridized carbons (Fsp3) is 0.154. The van der Waals surface area contributed by atoms with Gasteiger partial charge in [-0.15, -0.1) is 0 Å². The molecular weight excluding hydrogens is 216 g/mol. The quantitative estimate of drug-likeness (QED) is 0.817. The van der Waals surface area contributed by atoms with Crippen molar-refractivity contribution < 1.29 is 5.11 Å². The SMILES string of the molecule is Cc1ccc(CN)c(=O)n1-c1ccc(O)cc1. The van der Waals surface area contributed by atoms with Crippen LogP contribution in [0.4, 0.5) is 0 Å². The zero-order chi connectivity index (χ0) is 12.4. The average Bonchev–Trinajstić information content (AvgIpc) is 2.32. The zero-order valence-corrected chi connectivity index (χ0v) is 9.55. The molecule has 4 heteroatoms. The third kappa shape index (κ3) is 2.07. The van der Waals surface area contributed by atoms with E-state index in [4.69, 9.17) is 5.73 Å². The number of aromatic nitrogens is 1. The Hall–Kier alpha value is -2.07. The number of benzene rings is 1. The van der Waals surface area contributed by atoms with E-state index >= 15 is 0 Å². The third-order valence-corrected chi connectivity index (χ3v) is 2.68. The first-order valence-corrected chi connectivity index (χ1v) is 5.34. The van der Waals surface area contributed by atoms with Gasteiger partial charge in [-0.05, 0) is 37.3 Å². The minimum Gasteiger partial charge on any atom is -0.508 e. The summed E-state index contributed by atoms with van der Waals surface area (Å²) in [6.45, 7) is 2.08. The predicted molar refractivity (Wildman–Crippen MR) is 66.3 cm³/mol. The van der Waals surface area contributed by atoms with Crippen molar-refractivity contribution in [1.82, 2.24) is 4.57 Å². The molecule has 0 radical (unpaired) electrons. The van der Waals surface area contributed by atoms with Crippen LogP contribution in [-0.2, 0) is 6.54 Å². The van der Waals surface area contributed by atoms with Crippen LogP contribution in [0.1, 0.15) is 11.3 Å². The highest BCUT2D eigenvalue weighted by Gasteiger charge is 2.06. The summed E-state index contributed by atoms with van der Waals surface area (Å²) in [5.41, 5.74) is 7.53. The van der Waals surface area contributed by atoms with E-state index in [9.17, 15) is 9.90 Å². The van der Waals surface area contributed by atoms with Gasteiger partial charge in [0, 0.05) is 23.5 Å². The van der Waals surface area contributed by atoms with Crippen LogP contribution in [0.3, 0.4) is 0 Å². The highest BCUT2D eigenvalue weighted by molar-refractivity contribution is 5.39. The number of aryl methyl sites for hydroxylation is 1. The Balaban J connectivity index is 2.66. The molecule has 0 bridgehead atoms. The molecule has 4 nitrogen and oxygen atoms in total. The van der Waals surface area contributed by atoms with E-state index in [0.717, 1.165) is 11.4 Å². The van der Waals surface area contributed by atoms with Gasteiger partial charge in [-0.1, -0.05) is 6.07 Å². The number of nitrogens with two attached hydrogens (primary N) is 1. The maximum absolute atomic E-state index is 12.1. The van der Waals surface area contributed by atoms with E-state index in [-0.39, 0.29) is 17.9 Å². The molecule has 2 rings (SSSR count). The average molecular weight is 230 g/mol. The molecule has 2 aromatic rings. The van der Waals surface area contributed by atoms with Gasteiger partial charge >= 0.3 is 0 Å². The second-order valence-corrected chi connectivity index (χ2v) is 3.86. The molecule has 0 aliphatic carbocycles. The lowest BCUT2D eigenvalue weighted by Gasteiger charge is -2.11. The molecule has 0 saturated carbocycles. The van der Waals surface area contributed by atoms with Crippen LogP contribution in [-0.4, -0.2) is 9.67 Å². The lowest BCUT2D eigenvalue weighted by atomic mass is 10.2. The first-order chi connectivity index (χ1) is 8.13. The molecule has 17 heavy (non-hydrogen) atoms. The smallest absolute Gasteiger partial charge is 0.259 e. The number of hydrogen-bond acceptors (Lipinski definition) is 3. The zero-order valence-electron chi connectivity index (χ0n) is 9.55. The van der Waals surface area contributed by atoms with Gasteiger partial charge < -0.3 is 10.8 Å². The minimum absolute atomic E-state index is 0.113. The summed E-state index contributed by atoms with van der Waals surface area (Å²) in [4.78, 5) is 12.1. The van der Waals surface area contributed by atoms with Gasteiger partial charge in [0.05, 0.1) is 0 Å². The molecule has 1 aromatic heterocycles. The van der Waals surface area contributed by atoms with Crippen molar-refractivity contribution in [1.29, 1.82) is 0 Å². The number of phenols is 1. The maximum atomic E-state index is 12.1. The standard InChI is InChI=1S/C13H14N2O2/c1-9-2-3-10(8-14)13(17)15(9)11-4-6-12(16)7-5-11/h2-7,16H,8,14H2,1H3. The first kappa shape index (κ1) is 11.4. The highest BCUT2D eigenvalue weighted by atomic mass is 16.3. The second kappa shape index (κ2) is 4.43. The van der Waals surface area contributed by atoms with Crippen LogP contribution in [0.2, 0.25) is 0 Å². The topological polar surface area (TPSA) is 68.2 Å². The predicted octanol–water partition coefficient (Wildman–Crippen LogP) is 1.31. The fourth-order valence-corrected chi connectivity index (χ4v) is 1.75. The van der Waals surface area contributed by atoms with Gasteiger partial charge in [0.2, 0.25) is 0 Å². The second-order valence-electron chi connectivity index (χ2n) is 3.86. The van der Waals surface area contributed by atoms with Crippen LogP contribution < -0.4 is 11.3 Å². The molecule has 1 aromatic carbocycles. The van der Waals surface area contributed by atoms with E-state index in [1.165, 1.54) is 0 Å². The molecule has 0 saturated heterocycles. The Bertz CT molecular complexity index is 585. The van der Waals surface area contributed by atoms with Crippen LogP contribution in [0.25, 0.3) is 5.69 Å². The molecule has 0 amide bonds. The number of rotatable bonds is 2. The van der Waals surface area contributed by atoms with Crippen molar-refractivity contribution in [2.24, 2.45) is 5.73 Å². The molecule has 0 atom stereocenters. The summed E-state index contributed by atoms with van der Waals surface area (Å²) in [7, 11) is 0. The third-order valence-electron chi connectivity index (χ3n) is 2.68. The fourth-order valence-electron chi connectivity index (χ4n) is 1.75. The molecule has 0 aliphatic heterocycles. The Morgan fingerprint density at radius 3 is 2.41 bits per heavy atom. The number of nitrogens with zero attached hydrogens (tertiary/aromatic N) is 1. The summed E-state index contributed by atoms with van der Waals surface area (Å²) in [5, 5.41) is 9.24. The van der Waals surface area contributed by atoms with Crippen LogP contribution >= 0.6 is 0 Å². The number of pyridine rings is 1. The van der Waals surface area contributed by atoms with E-state index < -0.39 is 0 Å². The van der Waals surface area contributed by atoms with Crippen molar-refractivity contribution in [2.75, 3.05) is 0 Å². The Morgan fingerprint density at radius 2 is 1.82 bits per heavy atom. The molecular formula is C13H14N2O2. The Kier molecular flexibility index (Phi) is 2.97. The van der Waals surface area contributed by atoms with Gasteiger partial charge in [-0.25, -0.2) is 0 Å².